The van der Waals surface area contributed by atoms with Crippen molar-refractivity contribution in [2.24, 2.45) is 4.99 Å². The minimum absolute atomic E-state index is 0.0133. The molecule has 3 aromatic carbocycles. The molecule has 8 nitrogen and oxygen atoms in total. The van der Waals surface area contributed by atoms with Crippen LogP contribution in [0.15, 0.2) is 77.8 Å². The maximum absolute atomic E-state index is 13.5. The molecule has 1 aliphatic heterocycles. The van der Waals surface area contributed by atoms with Gasteiger partial charge in [-0.05, 0) is 74.4 Å². The number of rotatable bonds is 11. The molecule has 0 spiro atoms. The van der Waals surface area contributed by atoms with Crippen LogP contribution in [0.1, 0.15) is 36.2 Å². The fourth-order valence-corrected chi connectivity index (χ4v) is 5.34. The van der Waals surface area contributed by atoms with Crippen molar-refractivity contribution in [1.82, 2.24) is 4.90 Å². The van der Waals surface area contributed by atoms with Gasteiger partial charge in [-0.15, -0.1) is 0 Å². The second-order valence-corrected chi connectivity index (χ2v) is 10.5. The molecule has 0 radical (unpaired) electrons. The molecular formula is C30H30ClN3O5S. The Labute approximate surface area is 242 Å². The van der Waals surface area contributed by atoms with E-state index in [1.54, 1.807) is 54.3 Å². The molecule has 0 aromatic heterocycles. The van der Waals surface area contributed by atoms with Crippen LogP contribution in [0.3, 0.4) is 0 Å². The number of aliphatic imine (C=N–C) groups is 1. The summed E-state index contributed by atoms with van der Waals surface area (Å²) in [6, 6.07) is 21.3. The van der Waals surface area contributed by atoms with Gasteiger partial charge >= 0.3 is 5.97 Å². The van der Waals surface area contributed by atoms with Crippen molar-refractivity contribution < 1.29 is 23.9 Å². The lowest BCUT2D eigenvalue weighted by Gasteiger charge is -2.16. The SMILES string of the molecule is CCOC(=O)c1ccc(N=C2SC(CC(=O)Nc3cccc(OCC)c3)C(=O)N2CCc2ccc(Cl)cc2)cc1. The van der Waals surface area contributed by atoms with Crippen LogP contribution in [0.4, 0.5) is 11.4 Å². The van der Waals surface area contributed by atoms with Crippen LogP contribution in [0.5, 0.6) is 5.75 Å². The number of thioether (sulfide) groups is 1. The van der Waals surface area contributed by atoms with Gasteiger partial charge in [0.25, 0.3) is 0 Å². The van der Waals surface area contributed by atoms with E-state index in [1.165, 1.54) is 11.8 Å². The lowest BCUT2D eigenvalue weighted by atomic mass is 10.1. The Bertz CT molecular complexity index is 1380. The number of amidine groups is 1. The highest BCUT2D eigenvalue weighted by atomic mass is 35.5. The van der Waals surface area contributed by atoms with Crippen molar-refractivity contribution in [3.8, 4) is 5.75 Å². The molecule has 1 saturated heterocycles. The largest absolute Gasteiger partial charge is 0.494 e. The molecule has 3 aromatic rings. The average molecular weight is 580 g/mol. The van der Waals surface area contributed by atoms with E-state index in [1.807, 2.05) is 37.3 Å². The van der Waals surface area contributed by atoms with Gasteiger partial charge in [0.1, 0.15) is 11.0 Å². The molecule has 0 aliphatic carbocycles. The number of esters is 1. The molecule has 1 unspecified atom stereocenters. The summed E-state index contributed by atoms with van der Waals surface area (Å²) in [7, 11) is 0. The summed E-state index contributed by atoms with van der Waals surface area (Å²) in [6.07, 6.45) is 0.577. The molecule has 4 rings (SSSR count). The van der Waals surface area contributed by atoms with Gasteiger partial charge < -0.3 is 14.8 Å². The second-order valence-electron chi connectivity index (χ2n) is 8.85. The number of nitrogens with zero attached hydrogens (tertiary/aromatic N) is 2. The summed E-state index contributed by atoms with van der Waals surface area (Å²) in [6.45, 7) is 4.84. The van der Waals surface area contributed by atoms with Crippen molar-refractivity contribution in [2.75, 3.05) is 25.1 Å². The lowest BCUT2D eigenvalue weighted by molar-refractivity contribution is -0.128. The smallest absolute Gasteiger partial charge is 0.338 e. The van der Waals surface area contributed by atoms with Crippen molar-refractivity contribution in [1.29, 1.82) is 0 Å². The molecule has 208 valence electrons. The minimum Gasteiger partial charge on any atom is -0.494 e. The molecule has 0 bridgehead atoms. The molecule has 1 atom stereocenters. The number of hydrogen-bond acceptors (Lipinski definition) is 7. The second kappa shape index (κ2) is 14.0. The van der Waals surface area contributed by atoms with Gasteiger partial charge in [-0.1, -0.05) is 41.6 Å². The molecule has 2 amide bonds. The molecule has 1 aliphatic rings. The van der Waals surface area contributed by atoms with Crippen molar-refractivity contribution in [2.45, 2.75) is 31.9 Å². The fraction of sp³-hybridized carbons (Fsp3) is 0.267. The van der Waals surface area contributed by atoms with Gasteiger partial charge in [-0.3, -0.25) is 14.5 Å². The third-order valence-electron chi connectivity index (χ3n) is 5.96. The van der Waals surface area contributed by atoms with Gasteiger partial charge in [0.15, 0.2) is 5.17 Å². The fourth-order valence-electron chi connectivity index (χ4n) is 4.03. The van der Waals surface area contributed by atoms with Gasteiger partial charge in [-0.25, -0.2) is 9.79 Å². The molecule has 1 heterocycles. The molecule has 1 N–H and O–H groups in total. The Hall–Kier alpha value is -3.82. The Morgan fingerprint density at radius 3 is 2.48 bits per heavy atom. The van der Waals surface area contributed by atoms with E-state index in [2.05, 4.69) is 5.32 Å². The van der Waals surface area contributed by atoms with Gasteiger partial charge in [0.2, 0.25) is 11.8 Å². The summed E-state index contributed by atoms with van der Waals surface area (Å²) >= 11 is 7.27. The number of benzene rings is 3. The standard InChI is InChI=1S/C30H30ClN3O5S/c1-3-38-25-7-5-6-24(18-25)32-27(35)19-26-28(36)34(17-16-20-8-12-22(31)13-9-20)30(40-26)33-23-14-10-21(11-15-23)29(37)39-4-2/h5-15,18,26H,3-4,16-17,19H2,1-2H3,(H,32,35). The van der Waals surface area contributed by atoms with Crippen LogP contribution < -0.4 is 10.1 Å². The highest BCUT2D eigenvalue weighted by molar-refractivity contribution is 8.15. The van der Waals surface area contributed by atoms with Crippen LogP contribution in [0, 0.1) is 0 Å². The number of ether oxygens (including phenoxy) is 2. The number of hydrogen-bond donors (Lipinski definition) is 1. The van der Waals surface area contributed by atoms with Gasteiger partial charge in [0.05, 0.1) is 24.5 Å². The van der Waals surface area contributed by atoms with Crippen molar-refractivity contribution in [3.63, 3.8) is 0 Å². The first-order valence-corrected chi connectivity index (χ1v) is 14.2. The number of amides is 2. The van der Waals surface area contributed by atoms with E-state index in [0.717, 1.165) is 5.56 Å². The van der Waals surface area contributed by atoms with Crippen LogP contribution in [0.25, 0.3) is 0 Å². The first kappa shape index (κ1) is 29.2. The maximum Gasteiger partial charge on any atom is 0.338 e. The minimum atomic E-state index is -0.627. The Morgan fingerprint density at radius 1 is 1.02 bits per heavy atom. The molecule has 10 heteroatoms. The average Bonchev–Trinajstić information content (AvgIpc) is 3.22. The molecule has 0 saturated carbocycles. The quantitative estimate of drug-likeness (QED) is 0.275. The Kier molecular flexibility index (Phi) is 10.2. The predicted molar refractivity (Wildman–Crippen MR) is 159 cm³/mol. The first-order chi connectivity index (χ1) is 19.4. The zero-order chi connectivity index (χ0) is 28.5. The number of halogens is 1. The highest BCUT2D eigenvalue weighted by Gasteiger charge is 2.39. The van der Waals surface area contributed by atoms with E-state index in [9.17, 15) is 14.4 Å². The number of carbonyl (C=O) groups excluding carboxylic acids is 3. The molecule has 1 fully saturated rings. The number of anilines is 1. The maximum atomic E-state index is 13.5. The Morgan fingerprint density at radius 2 is 1.77 bits per heavy atom. The predicted octanol–water partition coefficient (Wildman–Crippen LogP) is 6.12. The van der Waals surface area contributed by atoms with E-state index in [-0.39, 0.29) is 24.8 Å². The number of carbonyl (C=O) groups is 3. The van der Waals surface area contributed by atoms with Crippen LogP contribution in [-0.4, -0.2) is 52.9 Å². The van der Waals surface area contributed by atoms with Crippen LogP contribution in [0.2, 0.25) is 5.02 Å². The molecular weight excluding hydrogens is 550 g/mol. The first-order valence-electron chi connectivity index (χ1n) is 13.0. The van der Waals surface area contributed by atoms with Gasteiger partial charge in [-0.2, -0.15) is 0 Å². The van der Waals surface area contributed by atoms with Crippen molar-refractivity contribution >= 4 is 57.7 Å². The summed E-state index contributed by atoms with van der Waals surface area (Å²) in [5, 5.41) is 3.37. The lowest BCUT2D eigenvalue weighted by Crippen LogP contribution is -2.35. The summed E-state index contributed by atoms with van der Waals surface area (Å²) in [5.41, 5.74) is 2.62. The topological polar surface area (TPSA) is 97.3 Å². The highest BCUT2D eigenvalue weighted by Crippen LogP contribution is 2.32. The van der Waals surface area contributed by atoms with Crippen LogP contribution >= 0.6 is 23.4 Å². The summed E-state index contributed by atoms with van der Waals surface area (Å²) < 4.78 is 10.5. The third kappa shape index (κ3) is 7.86. The van der Waals surface area contributed by atoms with E-state index in [0.29, 0.717) is 52.5 Å². The van der Waals surface area contributed by atoms with E-state index >= 15 is 0 Å². The van der Waals surface area contributed by atoms with Gasteiger partial charge in [0, 0.05) is 29.7 Å². The third-order valence-corrected chi connectivity index (χ3v) is 7.39. The zero-order valence-corrected chi connectivity index (χ0v) is 23.8. The Balaban J connectivity index is 1.50. The summed E-state index contributed by atoms with van der Waals surface area (Å²) in [4.78, 5) is 44.7. The van der Waals surface area contributed by atoms with E-state index < -0.39 is 11.2 Å². The monoisotopic (exact) mass is 579 g/mol. The molecule has 40 heavy (non-hydrogen) atoms. The van der Waals surface area contributed by atoms with Crippen molar-refractivity contribution in [3.05, 3.63) is 88.9 Å². The van der Waals surface area contributed by atoms with Crippen LogP contribution in [-0.2, 0) is 20.7 Å². The zero-order valence-electron chi connectivity index (χ0n) is 22.3. The summed E-state index contributed by atoms with van der Waals surface area (Å²) in [5.74, 6) is -0.214. The number of nitrogens with one attached hydrogen (secondary N) is 1. The van der Waals surface area contributed by atoms with E-state index in [4.69, 9.17) is 26.1 Å². The normalized spacial score (nSPS) is 15.8.